The summed E-state index contributed by atoms with van der Waals surface area (Å²) in [5, 5.41) is 3.69. The Morgan fingerprint density at radius 3 is 2.67 bits per heavy atom. The van der Waals surface area contributed by atoms with Crippen molar-refractivity contribution < 1.29 is 4.74 Å². The van der Waals surface area contributed by atoms with Gasteiger partial charge in [0.25, 0.3) is 0 Å². The molecule has 1 heterocycles. The summed E-state index contributed by atoms with van der Waals surface area (Å²) in [7, 11) is 0. The molecule has 1 aliphatic heterocycles. The molecule has 0 radical (unpaired) electrons. The number of benzene rings is 1. The molecular weight excluding hydrogens is 242 g/mol. The van der Waals surface area contributed by atoms with Crippen molar-refractivity contribution in [1.29, 1.82) is 0 Å². The van der Waals surface area contributed by atoms with Gasteiger partial charge in [-0.05, 0) is 42.4 Å². The van der Waals surface area contributed by atoms with Crippen LogP contribution in [0.5, 0.6) is 0 Å². The third kappa shape index (κ3) is 4.30. The first-order chi connectivity index (χ1) is 8.90. The molecule has 3 heteroatoms. The van der Waals surface area contributed by atoms with Crippen LogP contribution in [0.3, 0.4) is 0 Å². The Bertz CT molecular complexity index is 350. The lowest BCUT2D eigenvalue weighted by atomic mass is 10.1. The topological polar surface area (TPSA) is 21.3 Å². The fourth-order valence-corrected chi connectivity index (χ4v) is 3.35. The largest absolute Gasteiger partial charge is 0.377 e. The number of thioether (sulfide) groups is 1. The number of nitrogens with one attached hydrogen (secondary N) is 1. The van der Waals surface area contributed by atoms with Gasteiger partial charge in [-0.2, -0.15) is 11.8 Å². The van der Waals surface area contributed by atoms with Crippen LogP contribution in [0.1, 0.15) is 30.9 Å². The normalized spacial score (nSPS) is 16.9. The van der Waals surface area contributed by atoms with Gasteiger partial charge in [0, 0.05) is 19.2 Å². The first-order valence-electron chi connectivity index (χ1n) is 6.85. The van der Waals surface area contributed by atoms with Crippen molar-refractivity contribution in [3.8, 4) is 0 Å². The van der Waals surface area contributed by atoms with Crippen molar-refractivity contribution in [3.05, 3.63) is 35.4 Å². The van der Waals surface area contributed by atoms with E-state index in [2.05, 4.69) is 41.3 Å². The minimum atomic E-state index is 0.700. The van der Waals surface area contributed by atoms with Gasteiger partial charge in [0.15, 0.2) is 0 Å². The summed E-state index contributed by atoms with van der Waals surface area (Å²) in [6.45, 7) is 4.52. The maximum absolute atomic E-state index is 5.52. The van der Waals surface area contributed by atoms with Crippen molar-refractivity contribution in [1.82, 2.24) is 5.32 Å². The van der Waals surface area contributed by atoms with Gasteiger partial charge in [-0.1, -0.05) is 24.3 Å². The van der Waals surface area contributed by atoms with Crippen molar-refractivity contribution in [3.63, 3.8) is 0 Å². The summed E-state index contributed by atoms with van der Waals surface area (Å²) >= 11 is 2.07. The third-order valence-electron chi connectivity index (χ3n) is 3.38. The van der Waals surface area contributed by atoms with Gasteiger partial charge in [-0.3, -0.25) is 0 Å². The van der Waals surface area contributed by atoms with Crippen LogP contribution in [0.15, 0.2) is 24.3 Å². The monoisotopic (exact) mass is 265 g/mol. The molecule has 1 N–H and O–H groups in total. The number of hydrogen-bond donors (Lipinski definition) is 1. The molecule has 2 rings (SSSR count). The Hall–Kier alpha value is -0.510. The lowest BCUT2D eigenvalue weighted by molar-refractivity contribution is 0.133. The highest BCUT2D eigenvalue weighted by atomic mass is 32.2. The zero-order chi connectivity index (χ0) is 12.6. The molecule has 0 spiro atoms. The van der Waals surface area contributed by atoms with Crippen LogP contribution in [-0.2, 0) is 17.9 Å². The highest BCUT2D eigenvalue weighted by Gasteiger charge is 2.13. The Balaban J connectivity index is 1.87. The van der Waals surface area contributed by atoms with Crippen molar-refractivity contribution in [2.45, 2.75) is 39.0 Å². The number of rotatable bonds is 6. The summed E-state index contributed by atoms with van der Waals surface area (Å²) in [6, 6.07) is 9.28. The number of ether oxygens (including phenoxy) is 1. The van der Waals surface area contributed by atoms with Crippen LogP contribution in [-0.4, -0.2) is 24.2 Å². The van der Waals surface area contributed by atoms with Crippen molar-refractivity contribution >= 4 is 11.8 Å². The molecule has 18 heavy (non-hydrogen) atoms. The van der Waals surface area contributed by atoms with Crippen LogP contribution in [0.4, 0.5) is 0 Å². The van der Waals surface area contributed by atoms with E-state index in [1.807, 2.05) is 6.92 Å². The second-order valence-electron chi connectivity index (χ2n) is 4.67. The molecule has 1 aliphatic rings. The van der Waals surface area contributed by atoms with Crippen molar-refractivity contribution in [2.24, 2.45) is 0 Å². The van der Waals surface area contributed by atoms with E-state index in [0.717, 1.165) is 19.8 Å². The standard InChI is InChI=1S/C15H23NOS/c1-2-17-12-14-6-4-3-5-13(14)11-16-15-7-9-18-10-8-15/h3-6,15-16H,2,7-12H2,1H3. The third-order valence-corrected chi connectivity index (χ3v) is 4.43. The molecule has 1 aromatic carbocycles. The maximum Gasteiger partial charge on any atom is 0.0719 e. The Labute approximate surface area is 114 Å². The van der Waals surface area contributed by atoms with E-state index >= 15 is 0 Å². The molecule has 1 saturated heterocycles. The lowest BCUT2D eigenvalue weighted by Gasteiger charge is -2.23. The van der Waals surface area contributed by atoms with Gasteiger partial charge in [0.2, 0.25) is 0 Å². The van der Waals surface area contributed by atoms with Gasteiger partial charge in [-0.15, -0.1) is 0 Å². The van der Waals surface area contributed by atoms with Crippen LogP contribution in [0.2, 0.25) is 0 Å². The van der Waals surface area contributed by atoms with Crippen LogP contribution >= 0.6 is 11.8 Å². The smallest absolute Gasteiger partial charge is 0.0719 e. The zero-order valence-corrected chi connectivity index (χ0v) is 12.0. The summed E-state index contributed by atoms with van der Waals surface area (Å²) in [4.78, 5) is 0. The zero-order valence-electron chi connectivity index (χ0n) is 11.2. The van der Waals surface area contributed by atoms with E-state index in [1.54, 1.807) is 0 Å². The van der Waals surface area contributed by atoms with E-state index < -0.39 is 0 Å². The van der Waals surface area contributed by atoms with E-state index in [1.165, 1.54) is 35.5 Å². The SMILES string of the molecule is CCOCc1ccccc1CNC1CCSCC1. The minimum absolute atomic E-state index is 0.700. The molecule has 2 nitrogen and oxygen atoms in total. The highest BCUT2D eigenvalue weighted by Crippen LogP contribution is 2.18. The Kier molecular flexibility index (Phi) is 6.05. The average Bonchev–Trinajstić information content (AvgIpc) is 2.45. The van der Waals surface area contributed by atoms with Gasteiger partial charge in [0.1, 0.15) is 0 Å². The Morgan fingerprint density at radius 1 is 1.22 bits per heavy atom. The van der Waals surface area contributed by atoms with Crippen LogP contribution in [0.25, 0.3) is 0 Å². The van der Waals surface area contributed by atoms with Crippen LogP contribution in [0, 0.1) is 0 Å². The van der Waals surface area contributed by atoms with Crippen LogP contribution < -0.4 is 5.32 Å². The second-order valence-corrected chi connectivity index (χ2v) is 5.90. The molecule has 1 aromatic rings. The molecule has 100 valence electrons. The first kappa shape index (κ1) is 13.9. The molecule has 0 unspecified atom stereocenters. The van der Waals surface area contributed by atoms with Gasteiger partial charge in [0.05, 0.1) is 6.61 Å². The fraction of sp³-hybridized carbons (Fsp3) is 0.600. The lowest BCUT2D eigenvalue weighted by Crippen LogP contribution is -2.32. The van der Waals surface area contributed by atoms with Gasteiger partial charge in [-0.25, -0.2) is 0 Å². The molecule has 0 amide bonds. The molecular formula is C15H23NOS. The molecule has 0 aliphatic carbocycles. The summed E-state index contributed by atoms with van der Waals surface area (Å²) in [6.07, 6.45) is 2.61. The van der Waals surface area contributed by atoms with Gasteiger partial charge < -0.3 is 10.1 Å². The summed E-state index contributed by atoms with van der Waals surface area (Å²) in [5.41, 5.74) is 2.70. The number of hydrogen-bond acceptors (Lipinski definition) is 3. The summed E-state index contributed by atoms with van der Waals surface area (Å²) in [5.74, 6) is 2.61. The molecule has 0 atom stereocenters. The predicted octanol–water partition coefficient (Wildman–Crippen LogP) is 3.21. The van der Waals surface area contributed by atoms with E-state index in [-0.39, 0.29) is 0 Å². The maximum atomic E-state index is 5.52. The second kappa shape index (κ2) is 7.82. The van der Waals surface area contributed by atoms with E-state index in [0.29, 0.717) is 6.04 Å². The molecule has 0 bridgehead atoms. The molecule has 1 fully saturated rings. The van der Waals surface area contributed by atoms with E-state index in [9.17, 15) is 0 Å². The van der Waals surface area contributed by atoms with E-state index in [4.69, 9.17) is 4.74 Å². The minimum Gasteiger partial charge on any atom is -0.377 e. The summed E-state index contributed by atoms with van der Waals surface area (Å²) < 4.78 is 5.52. The fourth-order valence-electron chi connectivity index (χ4n) is 2.24. The Morgan fingerprint density at radius 2 is 1.94 bits per heavy atom. The van der Waals surface area contributed by atoms with Crippen molar-refractivity contribution in [2.75, 3.05) is 18.1 Å². The highest BCUT2D eigenvalue weighted by molar-refractivity contribution is 7.99. The quantitative estimate of drug-likeness (QED) is 0.853. The molecule has 0 aromatic heterocycles. The predicted molar refractivity (Wildman–Crippen MR) is 79.0 cm³/mol. The first-order valence-corrected chi connectivity index (χ1v) is 8.01. The average molecular weight is 265 g/mol. The van der Waals surface area contributed by atoms with Gasteiger partial charge >= 0.3 is 0 Å². The molecule has 0 saturated carbocycles.